The minimum Gasteiger partial charge on any atom is -0.394 e. The molecule has 0 saturated carbocycles. The van der Waals surface area contributed by atoms with Crippen molar-refractivity contribution in [1.82, 2.24) is 14.5 Å². The van der Waals surface area contributed by atoms with Crippen LogP contribution < -0.4 is 5.32 Å². The topological polar surface area (TPSA) is 63.0 Å². The van der Waals surface area contributed by atoms with Crippen molar-refractivity contribution in [2.75, 3.05) is 11.9 Å². The molecule has 0 spiro atoms. The van der Waals surface area contributed by atoms with Gasteiger partial charge in [0.25, 0.3) is 0 Å². The summed E-state index contributed by atoms with van der Waals surface area (Å²) in [7, 11) is 0. The Labute approximate surface area is 126 Å². The van der Waals surface area contributed by atoms with Gasteiger partial charge in [-0.1, -0.05) is 27.2 Å². The maximum absolute atomic E-state index is 9.51. The maximum Gasteiger partial charge on any atom is 0.154 e. The Morgan fingerprint density at radius 3 is 2.71 bits per heavy atom. The lowest BCUT2D eigenvalue weighted by Crippen LogP contribution is -2.24. The van der Waals surface area contributed by atoms with Gasteiger partial charge in [-0.3, -0.25) is 0 Å². The van der Waals surface area contributed by atoms with Crippen LogP contribution in [-0.2, 0) is 6.54 Å². The number of aliphatic hydroxyl groups excluding tert-OH is 1. The molecule has 0 aliphatic rings. The van der Waals surface area contributed by atoms with Crippen molar-refractivity contribution in [3.8, 4) is 0 Å². The highest BCUT2D eigenvalue weighted by atomic mass is 16.3. The Balaban J connectivity index is 2.42. The molecule has 0 bridgehead atoms. The smallest absolute Gasteiger partial charge is 0.154 e. The number of fused-ring (bicyclic) bond motifs is 1. The van der Waals surface area contributed by atoms with Crippen LogP contribution in [0.2, 0.25) is 0 Å². The number of rotatable bonds is 7. The molecule has 0 aliphatic heterocycles. The number of anilines is 1. The van der Waals surface area contributed by atoms with Gasteiger partial charge in [0.15, 0.2) is 5.82 Å². The molecule has 0 aliphatic carbocycles. The lowest BCUT2D eigenvalue weighted by atomic mass is 10.2. The first-order valence-corrected chi connectivity index (χ1v) is 7.76. The fourth-order valence-corrected chi connectivity index (χ4v) is 2.62. The lowest BCUT2D eigenvalue weighted by Gasteiger charge is -2.18. The third-order valence-electron chi connectivity index (χ3n) is 3.48. The molecule has 0 radical (unpaired) electrons. The molecular weight excluding hydrogens is 264 g/mol. The molecular formula is C16H26N4O. The van der Waals surface area contributed by atoms with Crippen LogP contribution >= 0.6 is 0 Å². The molecule has 0 unspecified atom stereocenters. The molecule has 2 aromatic heterocycles. The van der Waals surface area contributed by atoms with E-state index in [-0.39, 0.29) is 12.6 Å². The molecule has 5 nitrogen and oxygen atoms in total. The Hall–Kier alpha value is -1.62. The van der Waals surface area contributed by atoms with Crippen LogP contribution in [0.4, 0.5) is 5.82 Å². The summed E-state index contributed by atoms with van der Waals surface area (Å²) in [5, 5.41) is 12.9. The van der Waals surface area contributed by atoms with Crippen molar-refractivity contribution in [3.63, 3.8) is 0 Å². The van der Waals surface area contributed by atoms with Gasteiger partial charge in [0.1, 0.15) is 11.3 Å². The van der Waals surface area contributed by atoms with Crippen molar-refractivity contribution in [1.29, 1.82) is 0 Å². The molecule has 2 rings (SSSR count). The Morgan fingerprint density at radius 2 is 2.10 bits per heavy atom. The minimum absolute atomic E-state index is 0.0369. The zero-order valence-electron chi connectivity index (χ0n) is 13.4. The molecule has 2 N–H and O–H groups in total. The standard InChI is InChI=1S/C16H26N4O/c1-5-6-13(10-21)19-16-15-14(17-12(4)18-16)7-8-20(15)9-11(2)3/h7-8,11,13,21H,5-6,9-10H2,1-4H3,(H,17,18,19)/t13-/m0/s1. The maximum atomic E-state index is 9.51. The molecule has 2 heterocycles. The van der Waals surface area contributed by atoms with Crippen LogP contribution in [-0.4, -0.2) is 32.3 Å². The van der Waals surface area contributed by atoms with Crippen LogP contribution in [0, 0.1) is 12.8 Å². The van der Waals surface area contributed by atoms with Crippen LogP contribution in [0.15, 0.2) is 12.3 Å². The quantitative estimate of drug-likeness (QED) is 0.823. The van der Waals surface area contributed by atoms with E-state index < -0.39 is 0 Å². The van der Waals surface area contributed by atoms with Crippen molar-refractivity contribution in [2.45, 2.75) is 53.1 Å². The average Bonchev–Trinajstić information content (AvgIpc) is 2.80. The molecule has 1 atom stereocenters. The fourth-order valence-electron chi connectivity index (χ4n) is 2.62. The van der Waals surface area contributed by atoms with Gasteiger partial charge in [0.05, 0.1) is 18.2 Å². The molecule has 116 valence electrons. The summed E-state index contributed by atoms with van der Waals surface area (Å²) in [5.41, 5.74) is 1.99. The predicted octanol–water partition coefficient (Wildman–Crippen LogP) is 2.97. The summed E-state index contributed by atoms with van der Waals surface area (Å²) in [6.07, 6.45) is 4.02. The largest absolute Gasteiger partial charge is 0.394 e. The number of nitrogens with one attached hydrogen (secondary N) is 1. The Kier molecular flexibility index (Phi) is 5.17. The van der Waals surface area contributed by atoms with Gasteiger partial charge >= 0.3 is 0 Å². The monoisotopic (exact) mass is 290 g/mol. The van der Waals surface area contributed by atoms with Gasteiger partial charge in [-0.2, -0.15) is 0 Å². The van der Waals surface area contributed by atoms with Gasteiger partial charge in [-0.05, 0) is 25.3 Å². The fraction of sp³-hybridized carbons (Fsp3) is 0.625. The van der Waals surface area contributed by atoms with E-state index in [0.717, 1.165) is 42.1 Å². The zero-order chi connectivity index (χ0) is 15.4. The SMILES string of the molecule is CCC[C@@H](CO)Nc1nc(C)nc2ccn(CC(C)C)c12. The third kappa shape index (κ3) is 3.73. The zero-order valence-corrected chi connectivity index (χ0v) is 13.4. The predicted molar refractivity (Wildman–Crippen MR) is 86.5 cm³/mol. The van der Waals surface area contributed by atoms with E-state index in [0.29, 0.717) is 5.92 Å². The highest BCUT2D eigenvalue weighted by Gasteiger charge is 2.15. The first kappa shape index (κ1) is 15.8. The molecule has 0 amide bonds. The molecule has 5 heteroatoms. The van der Waals surface area contributed by atoms with Crippen molar-refractivity contribution >= 4 is 16.9 Å². The van der Waals surface area contributed by atoms with E-state index in [1.807, 2.05) is 13.0 Å². The van der Waals surface area contributed by atoms with Gasteiger partial charge in [0, 0.05) is 12.7 Å². The van der Waals surface area contributed by atoms with Crippen LogP contribution in [0.1, 0.15) is 39.4 Å². The van der Waals surface area contributed by atoms with Crippen LogP contribution in [0.25, 0.3) is 11.0 Å². The van der Waals surface area contributed by atoms with E-state index in [2.05, 4.69) is 46.8 Å². The number of hydrogen-bond donors (Lipinski definition) is 2. The van der Waals surface area contributed by atoms with Crippen molar-refractivity contribution in [3.05, 3.63) is 18.1 Å². The van der Waals surface area contributed by atoms with E-state index in [4.69, 9.17) is 0 Å². The second-order valence-electron chi connectivity index (χ2n) is 6.03. The van der Waals surface area contributed by atoms with E-state index in [1.54, 1.807) is 0 Å². The Morgan fingerprint density at radius 1 is 1.33 bits per heavy atom. The second-order valence-corrected chi connectivity index (χ2v) is 6.03. The summed E-state index contributed by atoms with van der Waals surface area (Å²) in [5.74, 6) is 2.13. The summed E-state index contributed by atoms with van der Waals surface area (Å²) in [6, 6.07) is 2.07. The Bertz CT molecular complexity index is 591. The van der Waals surface area contributed by atoms with Gasteiger partial charge in [0.2, 0.25) is 0 Å². The van der Waals surface area contributed by atoms with Crippen LogP contribution in [0.5, 0.6) is 0 Å². The number of hydrogen-bond acceptors (Lipinski definition) is 4. The van der Waals surface area contributed by atoms with E-state index in [9.17, 15) is 5.11 Å². The number of nitrogens with zero attached hydrogens (tertiary/aromatic N) is 3. The van der Waals surface area contributed by atoms with Gasteiger partial charge < -0.3 is 15.0 Å². The highest BCUT2D eigenvalue weighted by Crippen LogP contribution is 2.24. The van der Waals surface area contributed by atoms with E-state index >= 15 is 0 Å². The summed E-state index contributed by atoms with van der Waals surface area (Å²) < 4.78 is 2.20. The lowest BCUT2D eigenvalue weighted by molar-refractivity contribution is 0.268. The normalized spacial score (nSPS) is 13.0. The first-order valence-electron chi connectivity index (χ1n) is 7.76. The summed E-state index contributed by atoms with van der Waals surface area (Å²) >= 11 is 0. The average molecular weight is 290 g/mol. The van der Waals surface area contributed by atoms with Gasteiger partial charge in [-0.15, -0.1) is 0 Å². The van der Waals surface area contributed by atoms with Gasteiger partial charge in [-0.25, -0.2) is 9.97 Å². The molecule has 0 aromatic carbocycles. The molecule has 0 fully saturated rings. The van der Waals surface area contributed by atoms with Crippen molar-refractivity contribution in [2.24, 2.45) is 5.92 Å². The highest BCUT2D eigenvalue weighted by molar-refractivity contribution is 5.86. The molecule has 2 aromatic rings. The first-order chi connectivity index (χ1) is 10.0. The van der Waals surface area contributed by atoms with Crippen molar-refractivity contribution < 1.29 is 5.11 Å². The molecule has 21 heavy (non-hydrogen) atoms. The third-order valence-corrected chi connectivity index (χ3v) is 3.48. The molecule has 0 saturated heterocycles. The minimum atomic E-state index is 0.0369. The van der Waals surface area contributed by atoms with Crippen LogP contribution in [0.3, 0.4) is 0 Å². The number of aliphatic hydroxyl groups is 1. The van der Waals surface area contributed by atoms with E-state index in [1.165, 1.54) is 0 Å². The number of aryl methyl sites for hydroxylation is 1. The summed E-state index contributed by atoms with van der Waals surface area (Å²) in [6.45, 7) is 9.46. The number of aromatic nitrogens is 3. The summed E-state index contributed by atoms with van der Waals surface area (Å²) in [4.78, 5) is 9.07. The second kappa shape index (κ2) is 6.89.